The molecule has 106 valence electrons. The van der Waals surface area contributed by atoms with E-state index in [1.54, 1.807) is 12.1 Å². The molecule has 0 spiro atoms. The molecule has 3 N–H and O–H groups in total. The number of nitrogens with two attached hydrogens (primary N) is 1. The number of hydrogen-bond acceptors (Lipinski definition) is 3. The molecule has 0 aliphatic heterocycles. The third-order valence-corrected chi connectivity index (χ3v) is 4.63. The molecule has 0 saturated heterocycles. The van der Waals surface area contributed by atoms with Crippen LogP contribution >= 0.6 is 23.2 Å². The third kappa shape index (κ3) is 2.98. The molecule has 0 bridgehead atoms. The van der Waals surface area contributed by atoms with Gasteiger partial charge in [0, 0.05) is 5.69 Å². The average Bonchev–Trinajstić information content (AvgIpc) is 2.35. The van der Waals surface area contributed by atoms with Gasteiger partial charge in [0.15, 0.2) is 5.82 Å². The van der Waals surface area contributed by atoms with Gasteiger partial charge in [0.25, 0.3) is 10.0 Å². The first-order valence-electron chi connectivity index (χ1n) is 5.33. The Balaban J connectivity index is 2.44. The van der Waals surface area contributed by atoms with Crippen LogP contribution in [0, 0.1) is 5.82 Å². The van der Waals surface area contributed by atoms with Gasteiger partial charge in [-0.3, -0.25) is 4.72 Å². The zero-order chi connectivity index (χ0) is 14.9. The highest BCUT2D eigenvalue weighted by Gasteiger charge is 2.22. The van der Waals surface area contributed by atoms with Gasteiger partial charge in [0.1, 0.15) is 4.90 Å². The maximum Gasteiger partial charge on any atom is 0.263 e. The molecule has 0 aromatic heterocycles. The minimum absolute atomic E-state index is 0.247. The van der Waals surface area contributed by atoms with E-state index >= 15 is 0 Å². The predicted molar refractivity (Wildman–Crippen MR) is 78.1 cm³/mol. The third-order valence-electron chi connectivity index (χ3n) is 2.43. The predicted octanol–water partition coefficient (Wildman–Crippen LogP) is 3.52. The fourth-order valence-corrected chi connectivity index (χ4v) is 3.32. The van der Waals surface area contributed by atoms with E-state index in [0.717, 1.165) is 12.1 Å². The Morgan fingerprint density at radius 2 is 1.85 bits per heavy atom. The van der Waals surface area contributed by atoms with Gasteiger partial charge < -0.3 is 5.73 Å². The largest absolute Gasteiger partial charge is 0.399 e. The van der Waals surface area contributed by atoms with Crippen LogP contribution in [0.25, 0.3) is 0 Å². The maximum atomic E-state index is 13.5. The van der Waals surface area contributed by atoms with Crippen molar-refractivity contribution in [1.29, 1.82) is 0 Å². The normalized spacial score (nSPS) is 11.3. The summed E-state index contributed by atoms with van der Waals surface area (Å²) in [5.41, 5.74) is 6.19. The number of rotatable bonds is 3. The monoisotopic (exact) mass is 334 g/mol. The molecule has 4 nitrogen and oxygen atoms in total. The smallest absolute Gasteiger partial charge is 0.263 e. The van der Waals surface area contributed by atoms with Gasteiger partial charge in [0.2, 0.25) is 0 Å². The van der Waals surface area contributed by atoms with E-state index in [1.807, 2.05) is 0 Å². The molecule has 20 heavy (non-hydrogen) atoms. The van der Waals surface area contributed by atoms with Crippen molar-refractivity contribution in [3.05, 3.63) is 52.3 Å². The summed E-state index contributed by atoms with van der Waals surface area (Å²) in [6.07, 6.45) is 0. The van der Waals surface area contributed by atoms with Crippen LogP contribution in [0.1, 0.15) is 0 Å². The molecule has 0 saturated carbocycles. The lowest BCUT2D eigenvalue weighted by Crippen LogP contribution is -2.14. The van der Waals surface area contributed by atoms with Gasteiger partial charge >= 0.3 is 0 Å². The first-order chi connectivity index (χ1) is 9.31. The van der Waals surface area contributed by atoms with Crippen molar-refractivity contribution >= 4 is 44.6 Å². The second kappa shape index (κ2) is 5.47. The number of hydrogen-bond donors (Lipinski definition) is 2. The SMILES string of the molecule is Nc1cccc(NS(=O)(=O)c2ccc(Cl)c(F)c2Cl)c1. The van der Waals surface area contributed by atoms with Crippen LogP contribution in [0.4, 0.5) is 15.8 Å². The second-order valence-corrected chi connectivity index (χ2v) is 6.34. The molecule has 8 heteroatoms. The first kappa shape index (κ1) is 14.9. The summed E-state index contributed by atoms with van der Waals surface area (Å²) in [7, 11) is -4.04. The van der Waals surface area contributed by atoms with Crippen molar-refractivity contribution in [3.63, 3.8) is 0 Å². The van der Waals surface area contributed by atoms with E-state index in [4.69, 9.17) is 28.9 Å². The van der Waals surface area contributed by atoms with E-state index in [2.05, 4.69) is 4.72 Å². The van der Waals surface area contributed by atoms with E-state index in [0.29, 0.717) is 5.69 Å². The maximum absolute atomic E-state index is 13.5. The Morgan fingerprint density at radius 1 is 1.15 bits per heavy atom. The Bertz CT molecular complexity index is 766. The summed E-state index contributed by atoms with van der Waals surface area (Å²) < 4.78 is 40.1. The van der Waals surface area contributed by atoms with Gasteiger partial charge in [-0.2, -0.15) is 0 Å². The zero-order valence-corrected chi connectivity index (χ0v) is 12.2. The number of halogens is 3. The molecule has 0 amide bonds. The van der Waals surface area contributed by atoms with E-state index in [9.17, 15) is 12.8 Å². The molecular formula is C12H9Cl2FN2O2S. The molecule has 0 aliphatic carbocycles. The summed E-state index contributed by atoms with van der Waals surface area (Å²) >= 11 is 11.2. The van der Waals surface area contributed by atoms with Crippen molar-refractivity contribution in [1.82, 2.24) is 0 Å². The first-order valence-corrected chi connectivity index (χ1v) is 7.57. The summed E-state index contributed by atoms with van der Waals surface area (Å²) in [6.45, 7) is 0. The summed E-state index contributed by atoms with van der Waals surface area (Å²) in [4.78, 5) is -0.400. The quantitative estimate of drug-likeness (QED) is 0.666. The van der Waals surface area contributed by atoms with Crippen LogP contribution in [-0.2, 0) is 10.0 Å². The van der Waals surface area contributed by atoms with Crippen LogP contribution < -0.4 is 10.5 Å². The number of nitrogens with one attached hydrogen (secondary N) is 1. The van der Waals surface area contributed by atoms with Gasteiger partial charge in [-0.05, 0) is 30.3 Å². The summed E-state index contributed by atoms with van der Waals surface area (Å²) in [6, 6.07) is 8.37. The molecule has 0 heterocycles. The zero-order valence-electron chi connectivity index (χ0n) is 9.90. The number of nitrogen functional groups attached to an aromatic ring is 1. The highest BCUT2D eigenvalue weighted by Crippen LogP contribution is 2.30. The lowest BCUT2D eigenvalue weighted by molar-refractivity contribution is 0.595. The van der Waals surface area contributed by atoms with E-state index < -0.39 is 25.8 Å². The number of anilines is 2. The van der Waals surface area contributed by atoms with E-state index in [1.165, 1.54) is 12.1 Å². The molecular weight excluding hydrogens is 326 g/mol. The minimum Gasteiger partial charge on any atom is -0.399 e. The lowest BCUT2D eigenvalue weighted by atomic mass is 10.3. The second-order valence-electron chi connectivity index (χ2n) is 3.90. The number of sulfonamides is 1. The minimum atomic E-state index is -4.04. The highest BCUT2D eigenvalue weighted by atomic mass is 35.5. The van der Waals surface area contributed by atoms with Crippen LogP contribution in [0.5, 0.6) is 0 Å². The highest BCUT2D eigenvalue weighted by molar-refractivity contribution is 7.92. The van der Waals surface area contributed by atoms with Crippen LogP contribution in [-0.4, -0.2) is 8.42 Å². The van der Waals surface area contributed by atoms with Gasteiger partial charge in [-0.15, -0.1) is 0 Å². The number of benzene rings is 2. The molecule has 0 atom stereocenters. The lowest BCUT2D eigenvalue weighted by Gasteiger charge is -2.10. The molecule has 0 radical (unpaired) electrons. The van der Waals surface area contributed by atoms with Crippen LogP contribution in [0.2, 0.25) is 10.0 Å². The summed E-state index contributed by atoms with van der Waals surface area (Å²) in [5, 5.41) is -0.813. The Kier molecular flexibility index (Phi) is 4.08. The molecule has 0 fully saturated rings. The molecule has 0 unspecified atom stereocenters. The van der Waals surface area contributed by atoms with Gasteiger partial charge in [-0.25, -0.2) is 12.8 Å². The van der Waals surface area contributed by atoms with Gasteiger partial charge in [-0.1, -0.05) is 29.3 Å². The molecule has 2 rings (SSSR count). The topological polar surface area (TPSA) is 72.2 Å². The van der Waals surface area contributed by atoms with Gasteiger partial charge in [0.05, 0.1) is 15.7 Å². The molecule has 2 aromatic rings. The Hall–Kier alpha value is -1.50. The van der Waals surface area contributed by atoms with Crippen molar-refractivity contribution < 1.29 is 12.8 Å². The fraction of sp³-hybridized carbons (Fsp3) is 0. The van der Waals surface area contributed by atoms with Crippen LogP contribution in [0.3, 0.4) is 0 Å². The molecule has 2 aromatic carbocycles. The average molecular weight is 335 g/mol. The fourth-order valence-electron chi connectivity index (χ4n) is 1.53. The van der Waals surface area contributed by atoms with Crippen molar-refractivity contribution in [2.75, 3.05) is 10.5 Å². The Morgan fingerprint density at radius 3 is 2.50 bits per heavy atom. The van der Waals surface area contributed by atoms with Crippen molar-refractivity contribution in [2.45, 2.75) is 4.90 Å². The summed E-state index contributed by atoms with van der Waals surface area (Å²) in [5.74, 6) is -0.983. The van der Waals surface area contributed by atoms with E-state index in [-0.39, 0.29) is 10.7 Å². The van der Waals surface area contributed by atoms with Crippen LogP contribution in [0.15, 0.2) is 41.3 Å². The standard InChI is InChI=1S/C12H9Cl2FN2O2S/c13-9-4-5-10(11(14)12(9)15)20(18,19)17-8-3-1-2-7(16)6-8/h1-6,17H,16H2. The molecule has 0 aliphatic rings. The Labute approximate surface area is 125 Å². The van der Waals surface area contributed by atoms with Crippen molar-refractivity contribution in [3.8, 4) is 0 Å². The van der Waals surface area contributed by atoms with Crippen molar-refractivity contribution in [2.24, 2.45) is 0 Å².